The van der Waals surface area contributed by atoms with Crippen molar-refractivity contribution >= 4 is 33.3 Å². The van der Waals surface area contributed by atoms with Gasteiger partial charge in [-0.05, 0) is 55.2 Å². The Bertz CT molecular complexity index is 1280. The van der Waals surface area contributed by atoms with Crippen molar-refractivity contribution in [2.45, 2.75) is 37.0 Å². The van der Waals surface area contributed by atoms with Crippen molar-refractivity contribution in [3.05, 3.63) is 52.8 Å². The molecule has 0 N–H and O–H groups in total. The van der Waals surface area contributed by atoms with Gasteiger partial charge in [-0.1, -0.05) is 19.3 Å². The summed E-state index contributed by atoms with van der Waals surface area (Å²) < 4.78 is 39.9. The minimum atomic E-state index is -3.53. The number of morpholine rings is 1. The summed E-state index contributed by atoms with van der Waals surface area (Å²) in [7, 11) is -3.53. The van der Waals surface area contributed by atoms with E-state index in [-0.39, 0.29) is 4.90 Å². The normalized spacial score (nSPS) is 19.2. The molecule has 0 atom stereocenters. The summed E-state index contributed by atoms with van der Waals surface area (Å²) in [6.07, 6.45) is 9.79. The lowest BCUT2D eigenvalue weighted by atomic mass is 9.90. The highest BCUT2D eigenvalue weighted by molar-refractivity contribution is 7.89. The summed E-state index contributed by atoms with van der Waals surface area (Å²) in [5.41, 5.74) is 1.50. The van der Waals surface area contributed by atoms with E-state index >= 15 is 0 Å². The van der Waals surface area contributed by atoms with E-state index in [0.717, 1.165) is 24.3 Å². The number of benzene rings is 1. The molecule has 5 rings (SSSR count). The topological polar surface area (TPSA) is 89.4 Å². The Morgan fingerprint density at radius 2 is 1.79 bits per heavy atom. The van der Waals surface area contributed by atoms with E-state index in [1.54, 1.807) is 30.5 Å². The van der Waals surface area contributed by atoms with Crippen molar-refractivity contribution in [1.82, 2.24) is 8.98 Å². The highest BCUT2D eigenvalue weighted by atomic mass is 32.2. The molecule has 0 amide bonds. The first-order valence-corrected chi connectivity index (χ1v) is 13.9. The van der Waals surface area contributed by atoms with E-state index in [2.05, 4.69) is 0 Å². The number of hydrogen-bond acceptors (Lipinski definition) is 7. The molecule has 34 heavy (non-hydrogen) atoms. The lowest BCUT2D eigenvalue weighted by molar-refractivity contribution is 0.0730. The van der Waals surface area contributed by atoms with E-state index in [9.17, 15) is 8.42 Å². The number of furan rings is 1. The standard InChI is InChI=1S/C24H28N4O4S2/c29-34(30,27-12-15-31-16-13-27)21-10-8-20(9-11-21)26-24-28(25-17-19-5-2-1-3-6-19)22(18-33-24)23-7-4-14-32-23/h4,7-11,14,17-19H,1-3,5-6,12-13,15-16H2. The summed E-state index contributed by atoms with van der Waals surface area (Å²) >= 11 is 1.47. The van der Waals surface area contributed by atoms with Crippen LogP contribution >= 0.6 is 11.3 Å². The predicted octanol–water partition coefficient (Wildman–Crippen LogP) is 4.48. The fourth-order valence-electron chi connectivity index (χ4n) is 4.27. The van der Waals surface area contributed by atoms with Crippen LogP contribution in [0.5, 0.6) is 0 Å². The maximum atomic E-state index is 12.9. The smallest absolute Gasteiger partial charge is 0.243 e. The molecule has 1 saturated carbocycles. The Morgan fingerprint density at radius 1 is 1.03 bits per heavy atom. The molecule has 3 aromatic rings. The zero-order valence-corrected chi connectivity index (χ0v) is 20.5. The van der Waals surface area contributed by atoms with E-state index in [4.69, 9.17) is 19.2 Å². The number of ether oxygens (including phenoxy) is 1. The minimum absolute atomic E-state index is 0.263. The minimum Gasteiger partial charge on any atom is -0.463 e. The van der Waals surface area contributed by atoms with Gasteiger partial charge in [-0.3, -0.25) is 0 Å². The molecule has 2 aliphatic rings. The van der Waals surface area contributed by atoms with Crippen LogP contribution < -0.4 is 4.80 Å². The maximum absolute atomic E-state index is 12.9. The molecule has 0 radical (unpaired) electrons. The molecule has 180 valence electrons. The quantitative estimate of drug-likeness (QED) is 0.467. The predicted molar refractivity (Wildman–Crippen MR) is 132 cm³/mol. The molecule has 1 aliphatic heterocycles. The summed E-state index contributed by atoms with van der Waals surface area (Å²) in [4.78, 5) is 5.73. The molecule has 8 nitrogen and oxygen atoms in total. The van der Waals surface area contributed by atoms with Crippen molar-refractivity contribution < 1.29 is 17.6 Å². The second-order valence-electron chi connectivity index (χ2n) is 8.48. The Morgan fingerprint density at radius 3 is 2.50 bits per heavy atom. The van der Waals surface area contributed by atoms with Gasteiger partial charge in [0.15, 0.2) is 5.76 Å². The molecule has 0 spiro atoms. The zero-order chi connectivity index (χ0) is 23.4. The SMILES string of the molecule is O=S(=O)(c1ccc(N=c2scc(-c3ccco3)n2N=CC2CCCCC2)cc1)N1CCOCC1. The molecular formula is C24H28N4O4S2. The number of nitrogens with zero attached hydrogens (tertiary/aromatic N) is 4. The van der Waals surface area contributed by atoms with Crippen LogP contribution in [0.15, 0.2) is 67.4 Å². The van der Waals surface area contributed by atoms with Crippen molar-refractivity contribution in [3.63, 3.8) is 0 Å². The Labute approximate surface area is 203 Å². The molecule has 1 saturated heterocycles. The lowest BCUT2D eigenvalue weighted by Gasteiger charge is -2.26. The van der Waals surface area contributed by atoms with Gasteiger partial charge in [0.2, 0.25) is 14.8 Å². The van der Waals surface area contributed by atoms with Crippen LogP contribution in [-0.4, -0.2) is 49.9 Å². The fraction of sp³-hybridized carbons (Fsp3) is 0.417. The van der Waals surface area contributed by atoms with Crippen LogP contribution in [0.4, 0.5) is 5.69 Å². The summed E-state index contributed by atoms with van der Waals surface area (Å²) in [6.45, 7) is 1.59. The number of aromatic nitrogens is 1. The third kappa shape index (κ3) is 5.10. The van der Waals surface area contributed by atoms with Gasteiger partial charge in [-0.2, -0.15) is 9.41 Å². The van der Waals surface area contributed by atoms with Crippen LogP contribution in [0.25, 0.3) is 11.5 Å². The third-order valence-corrected chi connectivity index (χ3v) is 8.90. The van der Waals surface area contributed by atoms with Crippen molar-refractivity contribution in [3.8, 4) is 11.5 Å². The number of sulfonamides is 1. The van der Waals surface area contributed by atoms with Crippen LogP contribution in [0.2, 0.25) is 0 Å². The van der Waals surface area contributed by atoms with Gasteiger partial charge in [-0.15, -0.1) is 11.3 Å². The van der Waals surface area contributed by atoms with E-state index in [1.807, 2.05) is 28.4 Å². The van der Waals surface area contributed by atoms with Gasteiger partial charge < -0.3 is 9.15 Å². The Kier molecular flexibility index (Phi) is 7.10. The van der Waals surface area contributed by atoms with Crippen LogP contribution in [0.3, 0.4) is 0 Å². The molecule has 2 fully saturated rings. The van der Waals surface area contributed by atoms with E-state index in [1.165, 1.54) is 34.9 Å². The highest BCUT2D eigenvalue weighted by Gasteiger charge is 2.26. The van der Waals surface area contributed by atoms with Crippen molar-refractivity contribution in [2.24, 2.45) is 16.0 Å². The molecule has 2 aromatic heterocycles. The second kappa shape index (κ2) is 10.4. The maximum Gasteiger partial charge on any atom is 0.243 e. The average molecular weight is 501 g/mol. The molecule has 0 bridgehead atoms. The first kappa shape index (κ1) is 23.2. The first-order chi connectivity index (χ1) is 16.6. The van der Waals surface area contributed by atoms with Crippen LogP contribution in [0, 0.1) is 5.92 Å². The second-order valence-corrected chi connectivity index (χ2v) is 11.3. The van der Waals surface area contributed by atoms with Crippen molar-refractivity contribution in [2.75, 3.05) is 26.3 Å². The third-order valence-electron chi connectivity index (χ3n) is 6.17. The molecular weight excluding hydrogens is 472 g/mol. The molecule has 10 heteroatoms. The molecule has 1 aromatic carbocycles. The van der Waals surface area contributed by atoms with Crippen molar-refractivity contribution in [1.29, 1.82) is 0 Å². The number of hydrogen-bond donors (Lipinski definition) is 0. The summed E-state index contributed by atoms with van der Waals surface area (Å²) in [6, 6.07) is 10.4. The van der Waals surface area contributed by atoms with Gasteiger partial charge in [0.05, 0.1) is 30.1 Å². The highest BCUT2D eigenvalue weighted by Crippen LogP contribution is 2.25. The van der Waals surface area contributed by atoms with Gasteiger partial charge in [0, 0.05) is 24.7 Å². The lowest BCUT2D eigenvalue weighted by Crippen LogP contribution is -2.40. The zero-order valence-electron chi connectivity index (χ0n) is 18.9. The van der Waals surface area contributed by atoms with E-state index in [0.29, 0.717) is 42.7 Å². The Hall–Kier alpha value is -2.53. The Balaban J connectivity index is 1.45. The molecule has 0 unspecified atom stereocenters. The van der Waals surface area contributed by atoms with Gasteiger partial charge >= 0.3 is 0 Å². The van der Waals surface area contributed by atoms with Gasteiger partial charge in [0.25, 0.3) is 0 Å². The van der Waals surface area contributed by atoms with Crippen LogP contribution in [-0.2, 0) is 14.8 Å². The van der Waals surface area contributed by atoms with Gasteiger partial charge in [-0.25, -0.2) is 18.1 Å². The molecule has 1 aliphatic carbocycles. The van der Waals surface area contributed by atoms with Crippen LogP contribution in [0.1, 0.15) is 32.1 Å². The molecule has 3 heterocycles. The number of rotatable bonds is 6. The number of thiazole rings is 1. The summed E-state index contributed by atoms with van der Waals surface area (Å²) in [5, 5.41) is 6.77. The van der Waals surface area contributed by atoms with E-state index < -0.39 is 10.0 Å². The summed E-state index contributed by atoms with van der Waals surface area (Å²) in [5.74, 6) is 1.20. The first-order valence-electron chi connectivity index (χ1n) is 11.6. The largest absolute Gasteiger partial charge is 0.463 e. The monoisotopic (exact) mass is 500 g/mol. The average Bonchev–Trinajstić information content (AvgIpc) is 3.54. The fourth-order valence-corrected chi connectivity index (χ4v) is 6.51. The van der Waals surface area contributed by atoms with Gasteiger partial charge in [0.1, 0.15) is 5.69 Å².